The molecule has 2 heterocycles. The second-order valence-corrected chi connectivity index (χ2v) is 5.49. The first-order chi connectivity index (χ1) is 9.54. The number of aliphatic hydroxyl groups excluding tert-OH is 1. The van der Waals surface area contributed by atoms with Crippen molar-refractivity contribution in [2.75, 3.05) is 7.11 Å². The van der Waals surface area contributed by atoms with Crippen LogP contribution in [0, 0.1) is 6.92 Å². The summed E-state index contributed by atoms with van der Waals surface area (Å²) in [6.07, 6.45) is 0. The molecule has 104 valence electrons. The molecule has 1 aromatic heterocycles. The number of hydrogen-bond donors (Lipinski definition) is 2. The molecule has 0 saturated heterocycles. The molecule has 0 aliphatic carbocycles. The van der Waals surface area contributed by atoms with Crippen molar-refractivity contribution in [2.24, 2.45) is 7.05 Å². The van der Waals surface area contributed by atoms with E-state index in [1.807, 2.05) is 30.7 Å². The van der Waals surface area contributed by atoms with Gasteiger partial charge in [-0.25, -0.2) is 4.79 Å². The second-order valence-electron chi connectivity index (χ2n) is 4.68. The fourth-order valence-corrected chi connectivity index (χ4v) is 3.39. The molecule has 0 atom stereocenters. The van der Waals surface area contributed by atoms with Gasteiger partial charge in [-0.3, -0.25) is 0 Å². The minimum Gasteiger partial charge on any atom is -0.504 e. The summed E-state index contributed by atoms with van der Waals surface area (Å²) in [4.78, 5) is 12.6. The van der Waals surface area contributed by atoms with Crippen LogP contribution in [0.5, 0.6) is 0 Å². The summed E-state index contributed by atoms with van der Waals surface area (Å²) in [6.45, 7) is 2.02. The number of methoxy groups -OCH3 is 1. The van der Waals surface area contributed by atoms with Gasteiger partial charge in [-0.2, -0.15) is 0 Å². The quantitative estimate of drug-likeness (QED) is 0.624. The van der Waals surface area contributed by atoms with Gasteiger partial charge in [-0.15, -0.1) is 0 Å². The van der Waals surface area contributed by atoms with Crippen LogP contribution in [0.3, 0.4) is 0 Å². The molecule has 5 nitrogen and oxygen atoms in total. The number of aryl methyl sites for hydroxylation is 2. The zero-order valence-electron chi connectivity index (χ0n) is 11.4. The van der Waals surface area contributed by atoms with E-state index in [2.05, 4.69) is 15.5 Å². The molecule has 1 aliphatic rings. The van der Waals surface area contributed by atoms with E-state index in [4.69, 9.17) is 0 Å². The highest BCUT2D eigenvalue weighted by molar-refractivity contribution is 7.98. The number of nitrogens with one attached hydrogen (secondary N) is 1. The average Bonchev–Trinajstić information content (AvgIpc) is 2.72. The average molecular weight is 290 g/mol. The Balaban J connectivity index is 2.31. The van der Waals surface area contributed by atoms with Gasteiger partial charge in [0.2, 0.25) is 0 Å². The van der Waals surface area contributed by atoms with Crippen molar-refractivity contribution in [3.05, 3.63) is 35.2 Å². The summed E-state index contributed by atoms with van der Waals surface area (Å²) in [5, 5.41) is 11.4. The number of fused-ring (bicyclic) bond motifs is 3. The van der Waals surface area contributed by atoms with E-state index < -0.39 is 5.97 Å². The van der Waals surface area contributed by atoms with E-state index in [0.29, 0.717) is 5.69 Å². The third-order valence-electron chi connectivity index (χ3n) is 3.41. The molecule has 1 aliphatic heterocycles. The Labute approximate surface area is 120 Å². The van der Waals surface area contributed by atoms with E-state index >= 15 is 0 Å². The Morgan fingerprint density at radius 2 is 2.20 bits per heavy atom. The standard InChI is InChI=1S/C14H14N2O3S/c1-7-4-5-9-8(6-7)13-11(16(9)2)12(17)10(15-20-13)14(18)19-3/h4-6,15,17H,1-3H3. The summed E-state index contributed by atoms with van der Waals surface area (Å²) >= 11 is 1.31. The van der Waals surface area contributed by atoms with Crippen LogP contribution in [0.1, 0.15) is 11.3 Å². The smallest absolute Gasteiger partial charge is 0.358 e. The highest BCUT2D eigenvalue weighted by Gasteiger charge is 2.29. The molecule has 0 amide bonds. The predicted molar refractivity (Wildman–Crippen MR) is 78.2 cm³/mol. The van der Waals surface area contributed by atoms with Gasteiger partial charge in [0.05, 0.1) is 12.0 Å². The number of carbonyl (C=O) groups excluding carboxylic acids is 1. The molecule has 0 spiro atoms. The number of ether oxygens (including phenoxy) is 1. The van der Waals surface area contributed by atoms with Gasteiger partial charge in [-0.05, 0) is 31.0 Å². The SMILES string of the molecule is COC(=O)C1=C(O)c2c(c3cc(C)ccc3n2C)SN1. The van der Waals surface area contributed by atoms with Crippen LogP contribution < -0.4 is 4.72 Å². The van der Waals surface area contributed by atoms with Crippen LogP contribution in [0.2, 0.25) is 0 Å². The zero-order chi connectivity index (χ0) is 14.4. The van der Waals surface area contributed by atoms with Crippen molar-refractivity contribution in [1.82, 2.24) is 9.29 Å². The van der Waals surface area contributed by atoms with Crippen molar-refractivity contribution in [3.63, 3.8) is 0 Å². The Hall–Kier alpha value is -2.08. The molecule has 2 N–H and O–H groups in total. The van der Waals surface area contributed by atoms with Gasteiger partial charge in [0.1, 0.15) is 5.69 Å². The van der Waals surface area contributed by atoms with Crippen molar-refractivity contribution in [3.8, 4) is 0 Å². The zero-order valence-corrected chi connectivity index (χ0v) is 12.2. The van der Waals surface area contributed by atoms with Gasteiger partial charge in [0.25, 0.3) is 0 Å². The Morgan fingerprint density at radius 3 is 2.90 bits per heavy atom. The second kappa shape index (κ2) is 4.49. The van der Waals surface area contributed by atoms with Crippen molar-refractivity contribution >= 4 is 34.6 Å². The number of carbonyl (C=O) groups is 1. The number of rotatable bonds is 1. The Kier molecular flexibility index (Phi) is 2.90. The number of aromatic nitrogens is 1. The van der Waals surface area contributed by atoms with Crippen molar-refractivity contribution in [2.45, 2.75) is 11.8 Å². The molecule has 20 heavy (non-hydrogen) atoms. The molecule has 3 rings (SSSR count). The molecule has 0 bridgehead atoms. The lowest BCUT2D eigenvalue weighted by Gasteiger charge is -2.17. The van der Waals surface area contributed by atoms with Crippen LogP contribution in [-0.2, 0) is 16.6 Å². The van der Waals surface area contributed by atoms with Gasteiger partial charge in [0, 0.05) is 18.0 Å². The van der Waals surface area contributed by atoms with Crippen LogP contribution in [0.25, 0.3) is 16.7 Å². The fourth-order valence-electron chi connectivity index (χ4n) is 2.40. The monoisotopic (exact) mass is 290 g/mol. The summed E-state index contributed by atoms with van der Waals surface area (Å²) < 4.78 is 9.41. The fraction of sp³-hybridized carbons (Fsp3) is 0.214. The lowest BCUT2D eigenvalue weighted by atomic mass is 10.2. The van der Waals surface area contributed by atoms with Gasteiger partial charge < -0.3 is 19.1 Å². The third kappa shape index (κ3) is 1.68. The molecular weight excluding hydrogens is 276 g/mol. The molecule has 0 unspecified atom stereocenters. The minimum atomic E-state index is -0.581. The first kappa shape index (κ1) is 12.9. The van der Waals surface area contributed by atoms with Crippen LogP contribution in [0.15, 0.2) is 28.8 Å². The molecule has 0 saturated carbocycles. The Morgan fingerprint density at radius 1 is 1.45 bits per heavy atom. The van der Waals surface area contributed by atoms with Crippen LogP contribution in [-0.4, -0.2) is 22.8 Å². The molecule has 0 radical (unpaired) electrons. The van der Waals surface area contributed by atoms with E-state index in [-0.39, 0.29) is 11.5 Å². The van der Waals surface area contributed by atoms with Gasteiger partial charge in [0.15, 0.2) is 11.5 Å². The maximum Gasteiger partial charge on any atom is 0.358 e. The number of hydrogen-bond acceptors (Lipinski definition) is 5. The lowest BCUT2D eigenvalue weighted by molar-refractivity contribution is -0.136. The highest BCUT2D eigenvalue weighted by atomic mass is 32.2. The molecule has 6 heteroatoms. The largest absolute Gasteiger partial charge is 0.504 e. The maximum absolute atomic E-state index is 11.6. The summed E-state index contributed by atoms with van der Waals surface area (Å²) in [5.41, 5.74) is 2.86. The lowest BCUT2D eigenvalue weighted by Crippen LogP contribution is -2.22. The summed E-state index contributed by atoms with van der Waals surface area (Å²) in [5.74, 6) is -0.663. The van der Waals surface area contributed by atoms with Gasteiger partial charge in [-0.1, -0.05) is 11.6 Å². The third-order valence-corrected chi connectivity index (χ3v) is 4.34. The normalized spacial score (nSPS) is 14.2. The van der Waals surface area contributed by atoms with Gasteiger partial charge >= 0.3 is 5.97 Å². The van der Waals surface area contributed by atoms with Crippen LogP contribution in [0.4, 0.5) is 0 Å². The molecule has 1 aromatic carbocycles. The van der Waals surface area contributed by atoms with Crippen LogP contribution >= 0.6 is 11.9 Å². The molecular formula is C14H14N2O3S. The molecule has 0 fully saturated rings. The number of nitrogens with zero attached hydrogens (tertiary/aromatic N) is 1. The van der Waals surface area contributed by atoms with E-state index in [1.54, 1.807) is 0 Å². The first-order valence-electron chi connectivity index (χ1n) is 6.08. The highest BCUT2D eigenvalue weighted by Crippen LogP contribution is 2.40. The summed E-state index contributed by atoms with van der Waals surface area (Å²) in [6, 6.07) is 6.10. The number of benzene rings is 1. The van der Waals surface area contributed by atoms with E-state index in [9.17, 15) is 9.90 Å². The Bertz CT molecular complexity index is 761. The summed E-state index contributed by atoms with van der Waals surface area (Å²) in [7, 11) is 3.16. The van der Waals surface area contributed by atoms with Crippen molar-refractivity contribution in [1.29, 1.82) is 0 Å². The predicted octanol–water partition coefficient (Wildman–Crippen LogP) is 2.50. The topological polar surface area (TPSA) is 63.5 Å². The maximum atomic E-state index is 11.6. The number of aliphatic hydroxyl groups is 1. The molecule has 2 aromatic rings. The van der Waals surface area contributed by atoms with E-state index in [0.717, 1.165) is 21.4 Å². The minimum absolute atomic E-state index is 0.0765. The van der Waals surface area contributed by atoms with E-state index in [1.165, 1.54) is 19.1 Å². The van der Waals surface area contributed by atoms with Crippen molar-refractivity contribution < 1.29 is 14.6 Å². The first-order valence-corrected chi connectivity index (χ1v) is 6.90. The number of esters is 1.